The molecule has 5 nitrogen and oxygen atoms in total. The number of aryl methyl sites for hydroxylation is 2. The number of anilines is 1. The molecule has 6 heteroatoms. The summed E-state index contributed by atoms with van der Waals surface area (Å²) in [5, 5.41) is 4.20. The first kappa shape index (κ1) is 21.2. The van der Waals surface area contributed by atoms with Crippen LogP contribution in [-0.4, -0.2) is 14.7 Å². The number of hydrogen-bond donors (Lipinski definition) is 1. The van der Waals surface area contributed by atoms with Crippen LogP contribution in [0.5, 0.6) is 11.5 Å². The molecule has 166 valence electrons. The molecule has 1 fully saturated rings. The molecule has 0 amide bonds. The van der Waals surface area contributed by atoms with Crippen molar-refractivity contribution in [3.8, 4) is 11.5 Å². The third-order valence-electron chi connectivity index (χ3n) is 6.18. The van der Waals surface area contributed by atoms with Gasteiger partial charge in [-0.15, -0.1) is 0 Å². The van der Waals surface area contributed by atoms with Gasteiger partial charge in [0.05, 0.1) is 11.7 Å². The molecule has 2 atom stereocenters. The van der Waals surface area contributed by atoms with E-state index < -0.39 is 0 Å². The van der Waals surface area contributed by atoms with Crippen molar-refractivity contribution < 1.29 is 4.74 Å². The number of hydrogen-bond acceptors (Lipinski definition) is 3. The minimum Gasteiger partial charge on any atom is -0.457 e. The quantitative estimate of drug-likeness (QED) is 0.374. The van der Waals surface area contributed by atoms with Crippen molar-refractivity contribution in [3.63, 3.8) is 0 Å². The maximum atomic E-state index is 6.02. The predicted octanol–water partition coefficient (Wildman–Crippen LogP) is 6.01. The van der Waals surface area contributed by atoms with E-state index in [1.165, 1.54) is 17.0 Å². The fourth-order valence-electron chi connectivity index (χ4n) is 4.28. The molecule has 1 aliphatic heterocycles. The number of ether oxygens (including phenoxy) is 1. The first-order chi connectivity index (χ1) is 16.0. The van der Waals surface area contributed by atoms with E-state index in [0.717, 1.165) is 22.9 Å². The highest BCUT2D eigenvalue weighted by Gasteiger charge is 2.41. The van der Waals surface area contributed by atoms with E-state index >= 15 is 0 Å². The molecule has 1 aliphatic rings. The fraction of sp³-hybridized carbons (Fsp3) is 0.185. The lowest BCUT2D eigenvalue weighted by atomic mass is 10.0. The normalized spacial score (nSPS) is 17.8. The molecule has 1 saturated heterocycles. The van der Waals surface area contributed by atoms with E-state index in [1.807, 2.05) is 60.8 Å². The largest absolute Gasteiger partial charge is 0.457 e. The number of thiocarbonyl (C=S) groups is 1. The molecule has 3 heterocycles. The molecule has 33 heavy (non-hydrogen) atoms. The van der Waals surface area contributed by atoms with Crippen LogP contribution in [0.2, 0.25) is 0 Å². The van der Waals surface area contributed by atoms with E-state index in [1.54, 1.807) is 0 Å². The van der Waals surface area contributed by atoms with Crippen molar-refractivity contribution in [1.82, 2.24) is 14.9 Å². The Morgan fingerprint density at radius 2 is 1.58 bits per heavy atom. The molecule has 0 unspecified atom stereocenters. The van der Waals surface area contributed by atoms with Gasteiger partial charge in [0.2, 0.25) is 0 Å². The van der Waals surface area contributed by atoms with Gasteiger partial charge in [-0.2, -0.15) is 0 Å². The second-order valence-electron chi connectivity index (χ2n) is 8.36. The first-order valence-electron chi connectivity index (χ1n) is 11.0. The van der Waals surface area contributed by atoms with Gasteiger partial charge >= 0.3 is 0 Å². The van der Waals surface area contributed by atoms with Crippen molar-refractivity contribution in [1.29, 1.82) is 0 Å². The van der Waals surface area contributed by atoms with Gasteiger partial charge in [-0.3, -0.25) is 4.98 Å². The SMILES string of the molecule is Cc1ccc(Oc2ccc(N3C(=S)N[C@@H](c4ccccn4)[C@H]3c3ccc(C)n3C)cc2)cc1. The van der Waals surface area contributed by atoms with Crippen LogP contribution < -0.4 is 15.0 Å². The van der Waals surface area contributed by atoms with Crippen molar-refractivity contribution in [2.75, 3.05) is 4.90 Å². The monoisotopic (exact) mass is 454 g/mol. The summed E-state index contributed by atoms with van der Waals surface area (Å²) in [5.41, 5.74) is 5.55. The second kappa shape index (κ2) is 8.71. The summed E-state index contributed by atoms with van der Waals surface area (Å²) in [6.45, 7) is 4.18. The average molecular weight is 455 g/mol. The van der Waals surface area contributed by atoms with Gasteiger partial charge < -0.3 is 19.5 Å². The molecule has 2 aromatic heterocycles. The molecule has 0 bridgehead atoms. The Bertz CT molecular complexity index is 1270. The molecule has 2 aromatic carbocycles. The maximum absolute atomic E-state index is 6.02. The predicted molar refractivity (Wildman–Crippen MR) is 136 cm³/mol. The van der Waals surface area contributed by atoms with Crippen molar-refractivity contribution in [3.05, 3.63) is 108 Å². The summed E-state index contributed by atoms with van der Waals surface area (Å²) >= 11 is 5.82. The van der Waals surface area contributed by atoms with E-state index in [-0.39, 0.29) is 12.1 Å². The Kier molecular flexibility index (Phi) is 5.60. The minimum atomic E-state index is -0.0600. The summed E-state index contributed by atoms with van der Waals surface area (Å²) in [6, 6.07) is 26.3. The zero-order valence-electron chi connectivity index (χ0n) is 18.9. The smallest absolute Gasteiger partial charge is 0.174 e. The highest BCUT2D eigenvalue weighted by atomic mass is 32.1. The van der Waals surface area contributed by atoms with E-state index in [4.69, 9.17) is 17.0 Å². The Morgan fingerprint density at radius 1 is 0.879 bits per heavy atom. The molecule has 4 aromatic rings. The third-order valence-corrected chi connectivity index (χ3v) is 6.50. The van der Waals surface area contributed by atoms with Crippen LogP contribution in [0.3, 0.4) is 0 Å². The van der Waals surface area contributed by atoms with Crippen molar-refractivity contribution >= 4 is 23.0 Å². The van der Waals surface area contributed by atoms with Crippen molar-refractivity contribution in [2.45, 2.75) is 25.9 Å². The summed E-state index contributed by atoms with van der Waals surface area (Å²) < 4.78 is 8.24. The molecule has 0 radical (unpaired) electrons. The van der Waals surface area contributed by atoms with Crippen LogP contribution in [0.4, 0.5) is 5.69 Å². The van der Waals surface area contributed by atoms with Gasteiger partial charge in [-0.1, -0.05) is 23.8 Å². The lowest BCUT2D eigenvalue weighted by molar-refractivity contribution is 0.482. The molecule has 5 rings (SSSR count). The van der Waals surface area contributed by atoms with Gasteiger partial charge in [-0.25, -0.2) is 0 Å². The standard InChI is InChI=1S/C27H26N4OS/c1-18-7-12-21(13-8-18)32-22-14-10-20(11-15-22)31-26(24-16-9-19(2)30(24)3)25(29-27(31)33)23-6-4-5-17-28-23/h4-17,25-26H,1-3H3,(H,29,33)/t25-,26+/m0/s1. The van der Waals surface area contributed by atoms with Gasteiger partial charge in [-0.05, 0) is 86.7 Å². The van der Waals surface area contributed by atoms with Gasteiger partial charge in [0.25, 0.3) is 0 Å². The summed E-state index contributed by atoms with van der Waals surface area (Å²) in [7, 11) is 2.10. The summed E-state index contributed by atoms with van der Waals surface area (Å²) in [4.78, 5) is 6.80. The second-order valence-corrected chi connectivity index (χ2v) is 8.75. The van der Waals surface area contributed by atoms with Crippen LogP contribution in [0.25, 0.3) is 0 Å². The van der Waals surface area contributed by atoms with E-state index in [0.29, 0.717) is 5.11 Å². The van der Waals surface area contributed by atoms with Crippen LogP contribution in [0.1, 0.15) is 34.7 Å². The Morgan fingerprint density at radius 3 is 2.18 bits per heavy atom. The summed E-state index contributed by atoms with van der Waals surface area (Å²) in [5.74, 6) is 1.60. The number of aromatic nitrogens is 2. The van der Waals surface area contributed by atoms with Gasteiger partial charge in [0, 0.05) is 30.3 Å². The summed E-state index contributed by atoms with van der Waals surface area (Å²) in [6.07, 6.45) is 1.83. The lowest BCUT2D eigenvalue weighted by Gasteiger charge is -2.28. The topological polar surface area (TPSA) is 42.3 Å². The van der Waals surface area contributed by atoms with Crippen LogP contribution >= 0.6 is 12.2 Å². The molecular formula is C27H26N4OS. The number of rotatable bonds is 5. The first-order valence-corrected chi connectivity index (χ1v) is 11.4. The molecule has 0 saturated carbocycles. The van der Waals surface area contributed by atoms with Crippen molar-refractivity contribution in [2.24, 2.45) is 7.05 Å². The van der Waals surface area contributed by atoms with Crippen LogP contribution in [0.15, 0.2) is 85.1 Å². The van der Waals surface area contributed by atoms with Gasteiger partial charge in [0.1, 0.15) is 17.5 Å². The zero-order chi connectivity index (χ0) is 22.9. The minimum absolute atomic E-state index is 0.0324. The van der Waals surface area contributed by atoms with Gasteiger partial charge in [0.15, 0.2) is 5.11 Å². The Labute approximate surface area is 199 Å². The highest BCUT2D eigenvalue weighted by Crippen LogP contribution is 2.42. The molecule has 1 N–H and O–H groups in total. The molecule has 0 aliphatic carbocycles. The third kappa shape index (κ3) is 4.10. The molecule has 0 spiro atoms. The number of nitrogens with one attached hydrogen (secondary N) is 1. The lowest BCUT2D eigenvalue weighted by Crippen LogP contribution is -2.30. The maximum Gasteiger partial charge on any atom is 0.174 e. The fourth-order valence-corrected chi connectivity index (χ4v) is 4.63. The zero-order valence-corrected chi connectivity index (χ0v) is 19.7. The highest BCUT2D eigenvalue weighted by molar-refractivity contribution is 7.80. The number of benzene rings is 2. The average Bonchev–Trinajstić information content (AvgIpc) is 3.35. The molecular weight excluding hydrogens is 428 g/mol. The Hall–Kier alpha value is -3.64. The van der Waals surface area contributed by atoms with Crippen LogP contribution in [-0.2, 0) is 7.05 Å². The Balaban J connectivity index is 1.49. The number of pyridine rings is 1. The number of nitrogens with zero attached hydrogens (tertiary/aromatic N) is 3. The van der Waals surface area contributed by atoms with Crippen LogP contribution in [0, 0.1) is 13.8 Å². The van der Waals surface area contributed by atoms with E-state index in [9.17, 15) is 0 Å². The van der Waals surface area contributed by atoms with E-state index in [2.05, 4.69) is 64.9 Å².